The van der Waals surface area contributed by atoms with Crippen molar-refractivity contribution in [2.75, 3.05) is 25.5 Å². The highest BCUT2D eigenvalue weighted by Gasteiger charge is 2.13. The Hall–Kier alpha value is -2.39. The normalized spacial score (nSPS) is 10.2. The molecule has 0 bridgehead atoms. The first-order chi connectivity index (χ1) is 11.0. The van der Waals surface area contributed by atoms with E-state index in [1.54, 1.807) is 7.05 Å². The molecular formula is C17H22N5S+. The van der Waals surface area contributed by atoms with Crippen LogP contribution in [0.25, 0.3) is 10.9 Å². The maximum Gasteiger partial charge on any atom is 0.290 e. The van der Waals surface area contributed by atoms with E-state index in [1.807, 2.05) is 6.07 Å². The summed E-state index contributed by atoms with van der Waals surface area (Å²) < 4.78 is 0. The summed E-state index contributed by atoms with van der Waals surface area (Å²) in [5.41, 5.74) is 4.04. The molecule has 0 saturated carbocycles. The van der Waals surface area contributed by atoms with E-state index in [0.29, 0.717) is 10.7 Å². The minimum Gasteiger partial charge on any atom is -0.366 e. The molecule has 0 atom stereocenters. The molecule has 1 heterocycles. The van der Waals surface area contributed by atoms with Gasteiger partial charge in [-0.1, -0.05) is 6.07 Å². The maximum absolute atomic E-state index is 9.38. The second kappa shape index (κ2) is 7.75. The van der Waals surface area contributed by atoms with E-state index < -0.39 is 0 Å². The number of pyridine rings is 1. The average molecular weight is 328 g/mol. The van der Waals surface area contributed by atoms with E-state index in [0.717, 1.165) is 36.2 Å². The first-order valence-corrected chi connectivity index (χ1v) is 8.03. The number of aromatic amines is 1. The number of hydrogen-bond acceptors (Lipinski definition) is 3. The number of hydrogen-bond donors (Lipinski definition) is 3. The largest absolute Gasteiger partial charge is 0.366 e. The van der Waals surface area contributed by atoms with Crippen LogP contribution in [0.15, 0.2) is 18.2 Å². The number of nitrogens with zero attached hydrogens (tertiary/aromatic N) is 1. The summed E-state index contributed by atoms with van der Waals surface area (Å²) in [6.07, 6.45) is 0.894. The molecule has 0 saturated heterocycles. The first-order valence-electron chi connectivity index (χ1n) is 7.62. The Labute approximate surface area is 142 Å². The van der Waals surface area contributed by atoms with Crippen molar-refractivity contribution in [3.63, 3.8) is 0 Å². The van der Waals surface area contributed by atoms with Crippen molar-refractivity contribution >= 4 is 34.1 Å². The van der Waals surface area contributed by atoms with Gasteiger partial charge in [0.1, 0.15) is 17.1 Å². The van der Waals surface area contributed by atoms with Gasteiger partial charge in [-0.05, 0) is 49.3 Å². The second-order valence-electron chi connectivity index (χ2n) is 5.50. The average Bonchev–Trinajstić information content (AvgIpc) is 2.53. The van der Waals surface area contributed by atoms with Crippen molar-refractivity contribution in [2.24, 2.45) is 0 Å². The highest BCUT2D eigenvalue weighted by Crippen LogP contribution is 2.21. The zero-order chi connectivity index (χ0) is 16.8. The van der Waals surface area contributed by atoms with Gasteiger partial charge in [-0.3, -0.25) is 5.32 Å². The highest BCUT2D eigenvalue weighted by molar-refractivity contribution is 7.80. The SMILES string of the molecule is CNC(=S)NCCCNc1[nH+]c2cc(C)cc(C)c2cc1C#N. The Morgan fingerprint density at radius 3 is 2.74 bits per heavy atom. The summed E-state index contributed by atoms with van der Waals surface area (Å²) in [6, 6.07) is 8.42. The van der Waals surface area contributed by atoms with Crippen molar-refractivity contribution in [1.29, 1.82) is 5.26 Å². The minimum absolute atomic E-state index is 0.628. The van der Waals surface area contributed by atoms with Gasteiger partial charge in [0.05, 0.1) is 6.54 Å². The van der Waals surface area contributed by atoms with Crippen LogP contribution in [-0.2, 0) is 0 Å². The molecule has 120 valence electrons. The molecule has 0 aliphatic carbocycles. The van der Waals surface area contributed by atoms with Gasteiger partial charge in [-0.2, -0.15) is 5.26 Å². The third kappa shape index (κ3) is 4.30. The molecule has 1 aromatic carbocycles. The summed E-state index contributed by atoms with van der Waals surface area (Å²) in [7, 11) is 1.79. The van der Waals surface area contributed by atoms with Gasteiger partial charge in [-0.15, -0.1) is 0 Å². The van der Waals surface area contributed by atoms with Crippen LogP contribution >= 0.6 is 12.2 Å². The third-order valence-electron chi connectivity index (χ3n) is 3.64. The topological polar surface area (TPSA) is 74.0 Å². The molecule has 0 spiro atoms. The standard InChI is InChI=1S/C17H21N5S/c1-11-7-12(2)14-9-13(10-18)16(22-15(14)8-11)20-5-4-6-21-17(23)19-3/h7-9H,4-6H2,1-3H3,(H,20,22)(H2,19,21,23)/p+1. The Morgan fingerprint density at radius 1 is 1.26 bits per heavy atom. The predicted octanol–water partition coefficient (Wildman–Crippen LogP) is 2.04. The summed E-state index contributed by atoms with van der Waals surface area (Å²) in [4.78, 5) is 3.35. The van der Waals surface area contributed by atoms with E-state index >= 15 is 0 Å². The van der Waals surface area contributed by atoms with Crippen LogP contribution in [-0.4, -0.2) is 25.2 Å². The maximum atomic E-state index is 9.38. The lowest BCUT2D eigenvalue weighted by atomic mass is 10.0. The van der Waals surface area contributed by atoms with Crippen LogP contribution < -0.4 is 20.9 Å². The van der Waals surface area contributed by atoms with Crippen molar-refractivity contribution in [3.8, 4) is 6.07 Å². The molecular weight excluding hydrogens is 306 g/mol. The van der Waals surface area contributed by atoms with Crippen molar-refractivity contribution in [2.45, 2.75) is 20.3 Å². The Kier molecular flexibility index (Phi) is 5.72. The molecule has 0 fully saturated rings. The number of thiocarbonyl (C=S) groups is 1. The monoisotopic (exact) mass is 328 g/mol. The van der Waals surface area contributed by atoms with Gasteiger partial charge in [0.25, 0.3) is 5.82 Å². The molecule has 6 heteroatoms. The summed E-state index contributed by atoms with van der Waals surface area (Å²) in [6.45, 7) is 5.66. The Balaban J connectivity index is 2.11. The van der Waals surface area contributed by atoms with Gasteiger partial charge in [-0.25, -0.2) is 4.98 Å². The van der Waals surface area contributed by atoms with Gasteiger partial charge < -0.3 is 10.6 Å². The highest BCUT2D eigenvalue weighted by atomic mass is 32.1. The van der Waals surface area contributed by atoms with Crippen molar-refractivity contribution in [1.82, 2.24) is 10.6 Å². The number of nitrogens with one attached hydrogen (secondary N) is 4. The van der Waals surface area contributed by atoms with Gasteiger partial charge in [0, 0.05) is 25.4 Å². The molecule has 0 radical (unpaired) electrons. The summed E-state index contributed by atoms with van der Waals surface area (Å²) in [5, 5.41) is 20.4. The van der Waals surface area contributed by atoms with E-state index in [4.69, 9.17) is 12.2 Å². The molecule has 2 rings (SSSR count). The van der Waals surface area contributed by atoms with Crippen LogP contribution in [0.3, 0.4) is 0 Å². The summed E-state index contributed by atoms with van der Waals surface area (Å²) >= 11 is 5.02. The van der Waals surface area contributed by atoms with E-state index in [1.165, 1.54) is 11.1 Å². The number of H-pyrrole nitrogens is 1. The first kappa shape index (κ1) is 17.0. The molecule has 23 heavy (non-hydrogen) atoms. The Morgan fingerprint density at radius 2 is 2.04 bits per heavy atom. The molecule has 0 aliphatic rings. The zero-order valence-electron chi connectivity index (χ0n) is 13.7. The number of benzene rings is 1. The lowest BCUT2D eigenvalue weighted by molar-refractivity contribution is -0.327. The van der Waals surface area contributed by atoms with Crippen LogP contribution in [0, 0.1) is 25.2 Å². The predicted molar refractivity (Wildman–Crippen MR) is 97.5 cm³/mol. The van der Waals surface area contributed by atoms with Crippen LogP contribution in [0.4, 0.5) is 5.82 Å². The molecule has 4 N–H and O–H groups in total. The lowest BCUT2D eigenvalue weighted by Gasteiger charge is -2.07. The molecule has 5 nitrogen and oxygen atoms in total. The van der Waals surface area contributed by atoms with Gasteiger partial charge in [0.15, 0.2) is 5.11 Å². The van der Waals surface area contributed by atoms with E-state index in [-0.39, 0.29) is 0 Å². The molecule has 0 amide bonds. The van der Waals surface area contributed by atoms with Crippen molar-refractivity contribution in [3.05, 3.63) is 34.9 Å². The number of anilines is 1. The lowest BCUT2D eigenvalue weighted by Crippen LogP contribution is -2.33. The summed E-state index contributed by atoms with van der Waals surface area (Å²) in [5.74, 6) is 0.765. The fourth-order valence-corrected chi connectivity index (χ4v) is 2.61. The number of rotatable bonds is 5. The number of fused-ring (bicyclic) bond motifs is 1. The minimum atomic E-state index is 0.628. The molecule has 0 aliphatic heterocycles. The molecule has 1 aromatic heterocycles. The van der Waals surface area contributed by atoms with E-state index in [9.17, 15) is 5.26 Å². The number of aromatic nitrogens is 1. The number of aryl methyl sites for hydroxylation is 2. The fraction of sp³-hybridized carbons (Fsp3) is 0.353. The molecule has 2 aromatic rings. The smallest absolute Gasteiger partial charge is 0.290 e. The van der Waals surface area contributed by atoms with Crippen LogP contribution in [0.5, 0.6) is 0 Å². The van der Waals surface area contributed by atoms with Gasteiger partial charge in [0.2, 0.25) is 0 Å². The Bertz CT molecular complexity index is 764. The van der Waals surface area contributed by atoms with Crippen LogP contribution in [0.2, 0.25) is 0 Å². The van der Waals surface area contributed by atoms with Crippen LogP contribution in [0.1, 0.15) is 23.1 Å². The van der Waals surface area contributed by atoms with Crippen molar-refractivity contribution < 1.29 is 4.98 Å². The number of nitriles is 1. The fourth-order valence-electron chi connectivity index (χ4n) is 2.51. The third-order valence-corrected chi connectivity index (χ3v) is 3.99. The second-order valence-corrected chi connectivity index (χ2v) is 5.91. The van der Waals surface area contributed by atoms with E-state index in [2.05, 4.69) is 53.0 Å². The van der Waals surface area contributed by atoms with Gasteiger partial charge >= 0.3 is 0 Å². The quantitative estimate of drug-likeness (QED) is 0.578. The zero-order valence-corrected chi connectivity index (χ0v) is 14.5. The molecule has 0 unspecified atom stereocenters.